The van der Waals surface area contributed by atoms with E-state index in [2.05, 4.69) is 11.9 Å². The van der Waals surface area contributed by atoms with E-state index in [-0.39, 0.29) is 0 Å². The van der Waals surface area contributed by atoms with Gasteiger partial charge in [0.1, 0.15) is 0 Å². The molecule has 2 rings (SSSR count). The van der Waals surface area contributed by atoms with Crippen LogP contribution in [0, 0.1) is 0 Å². The maximum Gasteiger partial charge on any atom is 0.211 e. The highest BCUT2D eigenvalue weighted by molar-refractivity contribution is 5.88. The molecule has 0 saturated carbocycles. The summed E-state index contributed by atoms with van der Waals surface area (Å²) in [4.78, 5) is 10.5. The van der Waals surface area contributed by atoms with E-state index in [0.717, 1.165) is 22.4 Å². The van der Waals surface area contributed by atoms with Gasteiger partial charge < -0.3 is 5.32 Å². The van der Waals surface area contributed by atoms with E-state index in [9.17, 15) is 4.79 Å². The molecule has 2 aromatic rings. The van der Waals surface area contributed by atoms with Crippen LogP contribution in [-0.2, 0) is 4.79 Å². The molecular weight excluding hydrogens is 210 g/mol. The second kappa shape index (κ2) is 5.12. The van der Waals surface area contributed by atoms with Gasteiger partial charge in [0.05, 0.1) is 0 Å². The molecule has 0 aromatic heterocycles. The summed E-state index contributed by atoms with van der Waals surface area (Å²) in [7, 11) is 0. The highest BCUT2D eigenvalue weighted by atomic mass is 16.1. The number of nitrogens with one attached hydrogen (secondary N) is 1. The van der Waals surface area contributed by atoms with Gasteiger partial charge in [-0.1, -0.05) is 55.1 Å². The average molecular weight is 223 g/mol. The quantitative estimate of drug-likeness (QED) is 0.791. The number of benzene rings is 2. The minimum Gasteiger partial charge on any atom is -0.328 e. The lowest BCUT2D eigenvalue weighted by Gasteiger charge is -2.11. The van der Waals surface area contributed by atoms with E-state index in [4.69, 9.17) is 0 Å². The SMILES string of the molecule is C=C(c1ccccc1)c1ccccc1NC=O. The summed E-state index contributed by atoms with van der Waals surface area (Å²) in [5.74, 6) is 0. The Kier molecular flexibility index (Phi) is 3.36. The van der Waals surface area contributed by atoms with Crippen LogP contribution in [0.2, 0.25) is 0 Å². The third kappa shape index (κ3) is 2.42. The van der Waals surface area contributed by atoms with Crippen molar-refractivity contribution in [2.75, 3.05) is 5.32 Å². The molecule has 0 radical (unpaired) electrons. The molecule has 0 fully saturated rings. The Balaban J connectivity index is 2.40. The minimum absolute atomic E-state index is 0.678. The van der Waals surface area contributed by atoms with E-state index < -0.39 is 0 Å². The van der Waals surface area contributed by atoms with Crippen molar-refractivity contribution in [3.05, 3.63) is 72.3 Å². The molecule has 2 aromatic carbocycles. The van der Waals surface area contributed by atoms with Gasteiger partial charge in [0.15, 0.2) is 0 Å². The molecule has 0 aliphatic rings. The molecule has 2 heteroatoms. The number of hydrogen-bond acceptors (Lipinski definition) is 1. The van der Waals surface area contributed by atoms with E-state index in [1.54, 1.807) is 0 Å². The number of amides is 1. The van der Waals surface area contributed by atoms with Gasteiger partial charge >= 0.3 is 0 Å². The lowest BCUT2D eigenvalue weighted by Crippen LogP contribution is -1.98. The van der Waals surface area contributed by atoms with E-state index in [0.29, 0.717) is 6.41 Å². The Morgan fingerprint density at radius 3 is 2.35 bits per heavy atom. The van der Waals surface area contributed by atoms with Crippen LogP contribution in [0.15, 0.2) is 61.2 Å². The first-order valence-electron chi connectivity index (χ1n) is 5.37. The highest BCUT2D eigenvalue weighted by Crippen LogP contribution is 2.27. The van der Waals surface area contributed by atoms with Crippen molar-refractivity contribution in [2.24, 2.45) is 0 Å². The number of rotatable bonds is 4. The zero-order valence-corrected chi connectivity index (χ0v) is 9.39. The molecule has 2 nitrogen and oxygen atoms in total. The fourth-order valence-corrected chi connectivity index (χ4v) is 1.73. The monoisotopic (exact) mass is 223 g/mol. The van der Waals surface area contributed by atoms with E-state index in [1.807, 2.05) is 54.6 Å². The first-order chi connectivity index (χ1) is 8.33. The maximum atomic E-state index is 10.5. The van der Waals surface area contributed by atoms with E-state index >= 15 is 0 Å². The predicted octanol–water partition coefficient (Wildman–Crippen LogP) is 3.32. The number of hydrogen-bond donors (Lipinski definition) is 1. The molecule has 0 aliphatic carbocycles. The first kappa shape index (κ1) is 11.1. The third-order valence-corrected chi connectivity index (χ3v) is 2.59. The van der Waals surface area contributed by atoms with Crippen molar-refractivity contribution in [3.63, 3.8) is 0 Å². The van der Waals surface area contributed by atoms with Gasteiger partial charge in [0.25, 0.3) is 0 Å². The van der Waals surface area contributed by atoms with Crippen LogP contribution in [0.1, 0.15) is 11.1 Å². The Bertz CT molecular complexity index is 532. The number of carbonyl (C=O) groups excluding carboxylic acids is 1. The van der Waals surface area contributed by atoms with Gasteiger partial charge in [0, 0.05) is 11.3 Å². The van der Waals surface area contributed by atoms with Gasteiger partial charge in [-0.2, -0.15) is 0 Å². The summed E-state index contributed by atoms with van der Waals surface area (Å²) < 4.78 is 0. The molecule has 17 heavy (non-hydrogen) atoms. The zero-order chi connectivity index (χ0) is 12.1. The molecular formula is C15H13NO. The predicted molar refractivity (Wildman–Crippen MR) is 70.7 cm³/mol. The molecule has 0 heterocycles. The lowest BCUT2D eigenvalue weighted by molar-refractivity contribution is -0.105. The number of carbonyl (C=O) groups is 1. The van der Waals surface area contributed by atoms with Crippen molar-refractivity contribution in [2.45, 2.75) is 0 Å². The number of anilines is 1. The van der Waals surface area contributed by atoms with Gasteiger partial charge in [0.2, 0.25) is 6.41 Å². The second-order valence-corrected chi connectivity index (χ2v) is 3.65. The van der Waals surface area contributed by atoms with Crippen molar-refractivity contribution >= 4 is 17.7 Å². The van der Waals surface area contributed by atoms with E-state index in [1.165, 1.54) is 0 Å². The zero-order valence-electron chi connectivity index (χ0n) is 9.39. The summed E-state index contributed by atoms with van der Waals surface area (Å²) in [6.45, 7) is 4.08. The molecule has 1 amide bonds. The fraction of sp³-hybridized carbons (Fsp3) is 0. The standard InChI is InChI=1S/C15H13NO/c1-12(13-7-3-2-4-8-13)14-9-5-6-10-15(14)16-11-17/h2-11H,1H2,(H,16,17). The van der Waals surface area contributed by atoms with Crippen LogP contribution >= 0.6 is 0 Å². The molecule has 0 unspecified atom stereocenters. The summed E-state index contributed by atoms with van der Waals surface area (Å²) in [6, 6.07) is 17.5. The Morgan fingerprint density at radius 1 is 1.00 bits per heavy atom. The third-order valence-electron chi connectivity index (χ3n) is 2.59. The molecule has 0 saturated heterocycles. The van der Waals surface area contributed by atoms with Crippen molar-refractivity contribution in [1.82, 2.24) is 0 Å². The summed E-state index contributed by atoms with van der Waals surface area (Å²) in [5, 5.41) is 2.69. The van der Waals surface area contributed by atoms with Crippen LogP contribution in [-0.4, -0.2) is 6.41 Å². The van der Waals surface area contributed by atoms with Crippen molar-refractivity contribution in [3.8, 4) is 0 Å². The largest absolute Gasteiger partial charge is 0.328 e. The van der Waals surface area contributed by atoms with Crippen LogP contribution in [0.3, 0.4) is 0 Å². The Morgan fingerprint density at radius 2 is 1.65 bits per heavy atom. The van der Waals surface area contributed by atoms with Gasteiger partial charge in [-0.25, -0.2) is 0 Å². The Labute approximate surface area is 101 Å². The first-order valence-corrected chi connectivity index (χ1v) is 5.37. The van der Waals surface area contributed by atoms with Gasteiger partial charge in [-0.15, -0.1) is 0 Å². The van der Waals surface area contributed by atoms with Crippen LogP contribution in [0.5, 0.6) is 0 Å². The summed E-state index contributed by atoms with van der Waals surface area (Å²) in [6.07, 6.45) is 0.678. The highest BCUT2D eigenvalue weighted by Gasteiger charge is 2.06. The maximum absolute atomic E-state index is 10.5. The molecule has 0 aliphatic heterocycles. The fourth-order valence-electron chi connectivity index (χ4n) is 1.73. The van der Waals surface area contributed by atoms with Gasteiger partial charge in [-0.05, 0) is 17.2 Å². The average Bonchev–Trinajstić information content (AvgIpc) is 2.40. The van der Waals surface area contributed by atoms with Crippen LogP contribution in [0.4, 0.5) is 5.69 Å². The molecule has 84 valence electrons. The Hall–Kier alpha value is -2.35. The lowest BCUT2D eigenvalue weighted by atomic mass is 9.98. The number of para-hydroxylation sites is 1. The molecule has 0 spiro atoms. The van der Waals surface area contributed by atoms with Gasteiger partial charge in [-0.3, -0.25) is 4.79 Å². The molecule has 0 atom stereocenters. The van der Waals surface area contributed by atoms with Crippen molar-refractivity contribution in [1.29, 1.82) is 0 Å². The molecule has 1 N–H and O–H groups in total. The summed E-state index contributed by atoms with van der Waals surface area (Å²) >= 11 is 0. The molecule has 0 bridgehead atoms. The normalized spacial score (nSPS) is 9.65. The minimum atomic E-state index is 0.678. The van der Waals surface area contributed by atoms with Crippen LogP contribution < -0.4 is 5.32 Å². The second-order valence-electron chi connectivity index (χ2n) is 3.65. The smallest absolute Gasteiger partial charge is 0.211 e. The topological polar surface area (TPSA) is 29.1 Å². The summed E-state index contributed by atoms with van der Waals surface area (Å²) in [5.41, 5.74) is 3.66. The van der Waals surface area contributed by atoms with Crippen LogP contribution in [0.25, 0.3) is 5.57 Å². The van der Waals surface area contributed by atoms with Crippen molar-refractivity contribution < 1.29 is 4.79 Å².